The van der Waals surface area contributed by atoms with Gasteiger partial charge in [-0.15, -0.1) is 0 Å². The van der Waals surface area contributed by atoms with E-state index < -0.39 is 16.6 Å². The van der Waals surface area contributed by atoms with Crippen molar-refractivity contribution < 1.29 is 31.5 Å². The number of ether oxygens (including phenoxy) is 2. The molecule has 2 rings (SSSR count). The summed E-state index contributed by atoms with van der Waals surface area (Å²) in [6.45, 7) is -1.48. The summed E-state index contributed by atoms with van der Waals surface area (Å²) >= 11 is 0. The highest BCUT2D eigenvalue weighted by atomic mass is 32.2. The number of carbonyl (C=O) groups is 1. The van der Waals surface area contributed by atoms with Gasteiger partial charge in [-0.25, -0.2) is 13.1 Å². The molecule has 0 spiro atoms. The van der Waals surface area contributed by atoms with Gasteiger partial charge in [0.1, 0.15) is 0 Å². The van der Waals surface area contributed by atoms with Gasteiger partial charge in [0.15, 0.2) is 17.3 Å². The molecule has 0 saturated heterocycles. The lowest BCUT2D eigenvalue weighted by molar-refractivity contribution is -0.0512. The summed E-state index contributed by atoms with van der Waals surface area (Å²) in [5.74, 6) is -0.113. The highest BCUT2D eigenvalue weighted by Crippen LogP contribution is 2.29. The number of hydrogen-bond donors (Lipinski definition) is 1. The van der Waals surface area contributed by atoms with Crippen LogP contribution in [0.5, 0.6) is 11.5 Å². The molecule has 0 fully saturated rings. The summed E-state index contributed by atoms with van der Waals surface area (Å²) in [6, 6.07) is 10.0. The molecule has 27 heavy (non-hydrogen) atoms. The van der Waals surface area contributed by atoms with Crippen molar-refractivity contribution in [2.45, 2.75) is 24.9 Å². The topological polar surface area (TPSA) is 81.7 Å². The minimum absolute atomic E-state index is 0.0470. The molecular weight excluding hydrogens is 380 g/mol. The monoisotopic (exact) mass is 399 g/mol. The van der Waals surface area contributed by atoms with Crippen LogP contribution in [0, 0.1) is 0 Å². The van der Waals surface area contributed by atoms with Gasteiger partial charge in [0.05, 0.1) is 12.0 Å². The van der Waals surface area contributed by atoms with Crippen LogP contribution in [0.25, 0.3) is 0 Å². The summed E-state index contributed by atoms with van der Waals surface area (Å²) < 4.78 is 61.0. The molecule has 0 saturated carbocycles. The average molecular weight is 399 g/mol. The molecule has 0 heterocycles. The third-order valence-electron chi connectivity index (χ3n) is 3.72. The number of rotatable bonds is 9. The smallest absolute Gasteiger partial charge is 0.387 e. The van der Waals surface area contributed by atoms with Crippen LogP contribution in [-0.2, 0) is 16.4 Å². The van der Waals surface area contributed by atoms with Crippen LogP contribution in [0.4, 0.5) is 8.78 Å². The number of carbonyl (C=O) groups excluding carboxylic acids is 1. The second-order valence-corrected chi connectivity index (χ2v) is 7.36. The molecular formula is C18H19F2NO5S. The summed E-state index contributed by atoms with van der Waals surface area (Å²) in [7, 11) is -2.40. The third-order valence-corrected chi connectivity index (χ3v) is 5.20. The van der Waals surface area contributed by atoms with E-state index in [0.717, 1.165) is 0 Å². The van der Waals surface area contributed by atoms with E-state index >= 15 is 0 Å². The summed E-state index contributed by atoms with van der Waals surface area (Å²) in [6.07, 6.45) is 0.316. The quantitative estimate of drug-likeness (QED) is 0.656. The predicted molar refractivity (Wildman–Crippen MR) is 95.0 cm³/mol. The largest absolute Gasteiger partial charge is 0.493 e. The first kappa shape index (κ1) is 20.8. The number of sulfonamides is 1. The molecule has 0 radical (unpaired) electrons. The van der Waals surface area contributed by atoms with Crippen molar-refractivity contribution in [3.63, 3.8) is 0 Å². The van der Waals surface area contributed by atoms with Crippen molar-refractivity contribution in [3.05, 3.63) is 53.6 Å². The van der Waals surface area contributed by atoms with E-state index in [0.29, 0.717) is 17.5 Å². The van der Waals surface area contributed by atoms with E-state index in [9.17, 15) is 22.0 Å². The fourth-order valence-corrected chi connectivity index (χ4v) is 3.37. The first-order valence-electron chi connectivity index (χ1n) is 7.95. The molecule has 146 valence electrons. The van der Waals surface area contributed by atoms with Gasteiger partial charge in [0, 0.05) is 12.1 Å². The molecule has 0 aliphatic heterocycles. The number of alkyl halides is 2. The lowest BCUT2D eigenvalue weighted by atomic mass is 10.1. The third kappa shape index (κ3) is 5.73. The van der Waals surface area contributed by atoms with E-state index in [4.69, 9.17) is 4.74 Å². The highest BCUT2D eigenvalue weighted by Gasteiger charge is 2.15. The molecule has 0 bridgehead atoms. The Morgan fingerprint density at radius 2 is 1.78 bits per heavy atom. The van der Waals surface area contributed by atoms with Crippen molar-refractivity contribution >= 4 is 15.8 Å². The Hall–Kier alpha value is -2.52. The molecule has 0 aliphatic rings. The molecule has 9 heteroatoms. The van der Waals surface area contributed by atoms with Gasteiger partial charge in [-0.05, 0) is 43.2 Å². The molecule has 6 nitrogen and oxygen atoms in total. The summed E-state index contributed by atoms with van der Waals surface area (Å²) in [5, 5.41) is 0. The predicted octanol–water partition coefficient (Wildman–Crippen LogP) is 3.02. The Kier molecular flexibility index (Phi) is 6.86. The second-order valence-electron chi connectivity index (χ2n) is 5.59. The zero-order valence-corrected chi connectivity index (χ0v) is 15.6. The minimum atomic E-state index is -3.73. The standard InChI is InChI=1S/C18H19F2NO5S/c1-12(22)14-4-6-15(7-5-14)27(23,24)21-10-9-13-3-8-16(26-18(19)20)17(11-13)25-2/h3-8,11,18,21H,9-10H2,1-2H3. The normalized spacial score (nSPS) is 11.4. The van der Waals surface area contributed by atoms with E-state index in [1.165, 1.54) is 50.4 Å². The maximum Gasteiger partial charge on any atom is 0.387 e. The van der Waals surface area contributed by atoms with Crippen LogP contribution in [0.2, 0.25) is 0 Å². The van der Waals surface area contributed by atoms with Gasteiger partial charge in [0.25, 0.3) is 0 Å². The maximum atomic E-state index is 12.3. The lowest BCUT2D eigenvalue weighted by Crippen LogP contribution is -2.26. The summed E-state index contributed by atoms with van der Waals surface area (Å²) in [5.41, 5.74) is 1.11. The number of nitrogens with one attached hydrogen (secondary N) is 1. The Bertz CT molecular complexity index is 898. The molecule has 0 atom stereocenters. The molecule has 0 unspecified atom stereocenters. The average Bonchev–Trinajstić information content (AvgIpc) is 2.62. The van der Waals surface area contributed by atoms with Crippen LogP contribution >= 0.6 is 0 Å². The van der Waals surface area contributed by atoms with Gasteiger partial charge < -0.3 is 9.47 Å². The number of Topliss-reactive ketones (excluding diaryl/α,β-unsaturated/α-hetero) is 1. The van der Waals surface area contributed by atoms with Crippen molar-refractivity contribution in [3.8, 4) is 11.5 Å². The Labute approximate surface area is 156 Å². The van der Waals surface area contributed by atoms with Crippen LogP contribution in [0.15, 0.2) is 47.4 Å². The molecule has 0 aliphatic carbocycles. The van der Waals surface area contributed by atoms with Crippen LogP contribution in [-0.4, -0.2) is 34.5 Å². The minimum Gasteiger partial charge on any atom is -0.493 e. The Balaban J connectivity index is 2.01. The van der Waals surface area contributed by atoms with Crippen LogP contribution in [0.1, 0.15) is 22.8 Å². The number of benzene rings is 2. The first-order chi connectivity index (χ1) is 12.7. The molecule has 2 aromatic rings. The fourth-order valence-electron chi connectivity index (χ4n) is 2.34. The van der Waals surface area contributed by atoms with Crippen molar-refractivity contribution in [2.24, 2.45) is 0 Å². The molecule has 2 aromatic carbocycles. The molecule has 0 amide bonds. The molecule has 1 N–H and O–H groups in total. The Morgan fingerprint density at radius 3 is 2.33 bits per heavy atom. The van der Waals surface area contributed by atoms with Gasteiger partial charge in [-0.3, -0.25) is 4.79 Å². The fraction of sp³-hybridized carbons (Fsp3) is 0.278. The number of hydrogen-bond acceptors (Lipinski definition) is 5. The first-order valence-corrected chi connectivity index (χ1v) is 9.43. The van der Waals surface area contributed by atoms with Crippen molar-refractivity contribution in [2.75, 3.05) is 13.7 Å². The van der Waals surface area contributed by atoms with Crippen molar-refractivity contribution in [1.82, 2.24) is 4.72 Å². The van der Waals surface area contributed by atoms with Gasteiger partial charge in [0.2, 0.25) is 10.0 Å². The van der Waals surface area contributed by atoms with E-state index in [2.05, 4.69) is 9.46 Å². The van der Waals surface area contributed by atoms with E-state index in [-0.39, 0.29) is 28.7 Å². The molecule has 0 aromatic heterocycles. The maximum absolute atomic E-state index is 12.3. The van der Waals surface area contributed by atoms with Gasteiger partial charge in [-0.1, -0.05) is 18.2 Å². The zero-order valence-electron chi connectivity index (χ0n) is 14.7. The Morgan fingerprint density at radius 1 is 1.11 bits per heavy atom. The van der Waals surface area contributed by atoms with Crippen LogP contribution in [0.3, 0.4) is 0 Å². The second kappa shape index (κ2) is 8.92. The summed E-state index contributed by atoms with van der Waals surface area (Å²) in [4.78, 5) is 11.3. The van der Waals surface area contributed by atoms with Crippen LogP contribution < -0.4 is 14.2 Å². The number of methoxy groups -OCH3 is 1. The van der Waals surface area contributed by atoms with Crippen molar-refractivity contribution in [1.29, 1.82) is 0 Å². The lowest BCUT2D eigenvalue weighted by Gasteiger charge is -2.12. The zero-order chi connectivity index (χ0) is 20.0. The number of halogens is 2. The highest BCUT2D eigenvalue weighted by molar-refractivity contribution is 7.89. The SMILES string of the molecule is COc1cc(CCNS(=O)(=O)c2ccc(C(C)=O)cc2)ccc1OC(F)F. The van der Waals surface area contributed by atoms with E-state index in [1.54, 1.807) is 6.07 Å². The van der Waals surface area contributed by atoms with E-state index in [1.807, 2.05) is 0 Å². The number of ketones is 1. The van der Waals surface area contributed by atoms with Gasteiger partial charge >= 0.3 is 6.61 Å². The van der Waals surface area contributed by atoms with Gasteiger partial charge in [-0.2, -0.15) is 8.78 Å².